The quantitative estimate of drug-likeness (QED) is 0.388. The molecule has 0 unspecified atom stereocenters. The highest BCUT2D eigenvalue weighted by atomic mass is 35.6. The second-order valence-electron chi connectivity index (χ2n) is 10.2. The van der Waals surface area contributed by atoms with Gasteiger partial charge in [-0.25, -0.2) is 9.59 Å². The molecule has 3 amide bonds. The van der Waals surface area contributed by atoms with Gasteiger partial charge in [0.25, 0.3) is 0 Å². The van der Waals surface area contributed by atoms with Gasteiger partial charge >= 0.3 is 12.1 Å². The van der Waals surface area contributed by atoms with E-state index in [-0.39, 0.29) is 18.9 Å². The van der Waals surface area contributed by atoms with Gasteiger partial charge in [-0.3, -0.25) is 14.5 Å². The highest BCUT2D eigenvalue weighted by Crippen LogP contribution is 2.57. The molecule has 3 aliphatic heterocycles. The number of fused-ring (bicyclic) bond motifs is 2. The minimum atomic E-state index is -1.82. The van der Waals surface area contributed by atoms with Crippen LogP contribution >= 0.6 is 34.8 Å². The molecule has 4 atom stereocenters. The van der Waals surface area contributed by atoms with E-state index in [1.165, 1.54) is 24.0 Å². The van der Waals surface area contributed by atoms with Crippen molar-refractivity contribution >= 4 is 64.4 Å². The Morgan fingerprint density at radius 3 is 2.46 bits per heavy atom. The van der Waals surface area contributed by atoms with Crippen molar-refractivity contribution in [1.82, 2.24) is 9.80 Å². The highest BCUT2D eigenvalue weighted by Gasteiger charge is 2.65. The predicted molar refractivity (Wildman–Crippen MR) is 151 cm³/mol. The Morgan fingerprint density at radius 2 is 1.80 bits per heavy atom. The van der Waals surface area contributed by atoms with E-state index >= 15 is 0 Å². The van der Waals surface area contributed by atoms with Gasteiger partial charge in [-0.15, -0.1) is 0 Å². The Morgan fingerprint density at radius 1 is 1.07 bits per heavy atom. The molecule has 1 spiro atoms. The molecule has 3 heterocycles. The van der Waals surface area contributed by atoms with Crippen LogP contribution in [-0.4, -0.2) is 76.9 Å². The maximum Gasteiger partial charge on any atom is 0.410 e. The molecule has 0 aliphatic carbocycles. The maximum atomic E-state index is 14.5. The number of amides is 3. The number of nitrogens with zero attached hydrogens (tertiary/aromatic N) is 2. The van der Waals surface area contributed by atoms with Gasteiger partial charge in [-0.2, -0.15) is 0 Å². The van der Waals surface area contributed by atoms with E-state index in [4.69, 9.17) is 49.0 Å². The lowest BCUT2D eigenvalue weighted by molar-refractivity contribution is -0.154. The minimum absolute atomic E-state index is 0.0272. The Balaban J connectivity index is 1.61. The summed E-state index contributed by atoms with van der Waals surface area (Å²) in [5, 5.41) is 2.94. The van der Waals surface area contributed by atoms with Crippen LogP contribution in [-0.2, 0) is 29.3 Å². The average Bonchev–Trinajstić information content (AvgIpc) is 3.66. The normalized spacial score (nSPS) is 25.2. The Bertz CT molecular complexity index is 1370. The fraction of sp³-hybridized carbons (Fsp3) is 0.429. The zero-order valence-corrected chi connectivity index (χ0v) is 24.5. The third kappa shape index (κ3) is 5.17. The van der Waals surface area contributed by atoms with E-state index in [1.807, 2.05) is 18.2 Å². The molecule has 5 rings (SSSR count). The molecule has 0 radical (unpaired) electrons. The molecule has 41 heavy (non-hydrogen) atoms. The molecule has 1 N–H and O–H groups in total. The van der Waals surface area contributed by atoms with Crippen molar-refractivity contribution in [3.05, 3.63) is 59.7 Å². The largest absolute Gasteiger partial charge is 0.497 e. The summed E-state index contributed by atoms with van der Waals surface area (Å²) in [7, 11) is 2.76. The monoisotopic (exact) mass is 623 g/mol. The van der Waals surface area contributed by atoms with Crippen molar-refractivity contribution in [3.8, 4) is 5.75 Å². The minimum Gasteiger partial charge on any atom is -0.497 e. The molecule has 2 fully saturated rings. The number of hydrogen-bond donors (Lipinski definition) is 1. The Labute approximate surface area is 251 Å². The molecule has 2 aromatic carbocycles. The number of nitrogens with one attached hydrogen (secondary N) is 1. The van der Waals surface area contributed by atoms with Gasteiger partial charge in [0.15, 0.2) is 0 Å². The molecule has 3 aliphatic rings. The number of anilines is 1. The van der Waals surface area contributed by atoms with Crippen molar-refractivity contribution in [2.45, 2.75) is 46.6 Å². The third-order valence-corrected chi connectivity index (χ3v) is 8.26. The Hall–Kier alpha value is -3.21. The summed E-state index contributed by atoms with van der Waals surface area (Å²) in [5.74, 6) is -0.995. The van der Waals surface area contributed by atoms with E-state index in [1.54, 1.807) is 30.3 Å². The second kappa shape index (κ2) is 11.2. The number of likely N-dealkylation sites (tertiary alicyclic amines) is 2. The zero-order valence-electron chi connectivity index (χ0n) is 22.3. The number of carbonyl (C=O) groups excluding carboxylic acids is 4. The van der Waals surface area contributed by atoms with Gasteiger partial charge in [-0.05, 0) is 36.5 Å². The van der Waals surface area contributed by atoms with E-state index < -0.39 is 51.9 Å². The second-order valence-corrected chi connectivity index (χ2v) is 12.7. The van der Waals surface area contributed by atoms with Gasteiger partial charge in [0, 0.05) is 18.3 Å². The van der Waals surface area contributed by atoms with Gasteiger partial charge in [-0.1, -0.05) is 71.2 Å². The molecule has 0 saturated carbocycles. The van der Waals surface area contributed by atoms with Gasteiger partial charge in [0.1, 0.15) is 29.9 Å². The van der Waals surface area contributed by atoms with E-state index in [0.29, 0.717) is 35.4 Å². The molecule has 218 valence electrons. The number of methoxy groups -OCH3 is 2. The van der Waals surface area contributed by atoms with Crippen LogP contribution in [0.4, 0.5) is 10.5 Å². The summed E-state index contributed by atoms with van der Waals surface area (Å²) in [6.45, 7) is -0.269. The lowest BCUT2D eigenvalue weighted by Crippen LogP contribution is -2.53. The summed E-state index contributed by atoms with van der Waals surface area (Å²) < 4.78 is 13.8. The molecule has 0 bridgehead atoms. The smallest absolute Gasteiger partial charge is 0.410 e. The summed E-state index contributed by atoms with van der Waals surface area (Å²) in [6, 6.07) is 11.3. The third-order valence-electron chi connectivity index (χ3n) is 7.93. The predicted octanol–water partition coefficient (Wildman–Crippen LogP) is 4.37. The number of halogens is 3. The summed E-state index contributed by atoms with van der Waals surface area (Å²) in [6.07, 6.45) is -0.00969. The number of esters is 1. The van der Waals surface area contributed by atoms with Crippen molar-refractivity contribution in [2.75, 3.05) is 32.7 Å². The van der Waals surface area contributed by atoms with E-state index in [9.17, 15) is 19.2 Å². The lowest BCUT2D eigenvalue weighted by Gasteiger charge is -2.37. The SMILES string of the molecule is COC(=O)[C@@H]1C[C@@]2(C(=O)Nc3cc(OC)ccc32)[C@H](c2ccccc2)N1C(=O)[C@@H]1CCCN1C(=O)OCC(Cl)(Cl)Cl. The summed E-state index contributed by atoms with van der Waals surface area (Å²) in [5.41, 5.74) is 0.490. The summed E-state index contributed by atoms with van der Waals surface area (Å²) in [4.78, 5) is 57.4. The van der Waals surface area contributed by atoms with Gasteiger partial charge < -0.3 is 24.4 Å². The molecule has 2 saturated heterocycles. The molecule has 13 heteroatoms. The molecule has 10 nitrogen and oxygen atoms in total. The number of carbonyl (C=O) groups is 4. The molecule has 2 aromatic rings. The average molecular weight is 625 g/mol. The molecular formula is C28H28Cl3N3O7. The topological polar surface area (TPSA) is 114 Å². The summed E-state index contributed by atoms with van der Waals surface area (Å²) >= 11 is 17.2. The lowest BCUT2D eigenvalue weighted by atomic mass is 9.72. The number of benzene rings is 2. The van der Waals surface area contributed by atoms with Crippen LogP contribution in [0.5, 0.6) is 5.75 Å². The van der Waals surface area contributed by atoms with Crippen LogP contribution in [0.2, 0.25) is 0 Å². The first kappa shape index (κ1) is 29.3. The van der Waals surface area contributed by atoms with Crippen molar-refractivity contribution in [1.29, 1.82) is 0 Å². The van der Waals surface area contributed by atoms with Crippen molar-refractivity contribution in [3.63, 3.8) is 0 Å². The van der Waals surface area contributed by atoms with Crippen molar-refractivity contribution < 1.29 is 33.4 Å². The van der Waals surface area contributed by atoms with Crippen LogP contribution in [0.3, 0.4) is 0 Å². The first-order valence-corrected chi connectivity index (χ1v) is 14.1. The van der Waals surface area contributed by atoms with Gasteiger partial charge in [0.2, 0.25) is 15.6 Å². The van der Waals surface area contributed by atoms with Crippen LogP contribution in [0, 0.1) is 0 Å². The first-order chi connectivity index (χ1) is 19.5. The van der Waals surface area contributed by atoms with Crippen molar-refractivity contribution in [2.24, 2.45) is 0 Å². The fourth-order valence-electron chi connectivity index (χ4n) is 6.24. The van der Waals surface area contributed by atoms with E-state index in [2.05, 4.69) is 5.32 Å². The van der Waals surface area contributed by atoms with E-state index in [0.717, 1.165) is 0 Å². The number of rotatable bonds is 5. The van der Waals surface area contributed by atoms with Gasteiger partial charge in [0.05, 0.1) is 20.3 Å². The zero-order chi connectivity index (χ0) is 29.5. The Kier molecular flexibility index (Phi) is 8.02. The molecule has 0 aromatic heterocycles. The molecular weight excluding hydrogens is 597 g/mol. The van der Waals surface area contributed by atoms with Crippen LogP contribution < -0.4 is 10.1 Å². The number of hydrogen-bond acceptors (Lipinski definition) is 7. The number of ether oxygens (including phenoxy) is 3. The standard InChI is InChI=1S/C28H28Cl3N3O7/c1-39-17-10-11-18-19(13-17)32-25(37)27(18)14-21(24(36)40-2)34(22(27)16-7-4-3-5-8-16)23(35)20-9-6-12-33(20)26(38)41-15-28(29,30)31/h3-5,7-8,10-11,13,20-22H,6,9,12,14-15H2,1-2H3,(H,32,37)/t20-,21-,22-,27-/m0/s1. The van der Waals surface area contributed by atoms with Crippen LogP contribution in [0.25, 0.3) is 0 Å². The van der Waals surface area contributed by atoms with Crippen LogP contribution in [0.1, 0.15) is 36.4 Å². The first-order valence-electron chi connectivity index (χ1n) is 13.0. The highest BCUT2D eigenvalue weighted by molar-refractivity contribution is 6.67. The fourth-order valence-corrected chi connectivity index (χ4v) is 6.40. The maximum absolute atomic E-state index is 14.5. The van der Waals surface area contributed by atoms with Crippen LogP contribution in [0.15, 0.2) is 48.5 Å². The number of alkyl halides is 3.